The van der Waals surface area contributed by atoms with E-state index in [1.807, 2.05) is 0 Å². The summed E-state index contributed by atoms with van der Waals surface area (Å²) < 4.78 is 15.5. The number of fused-ring (bicyclic) bond motifs is 2. The number of carbonyl (C=O) groups excluding carboxylic acids is 1. The number of hydrogen-bond donors (Lipinski definition) is 0. The fraction of sp³-hybridized carbons (Fsp3) is 0.929. The molecule has 4 nitrogen and oxygen atoms in total. The highest BCUT2D eigenvalue weighted by atomic mass is 16.6. The van der Waals surface area contributed by atoms with Crippen LogP contribution in [0.1, 0.15) is 32.1 Å². The van der Waals surface area contributed by atoms with E-state index in [0.717, 1.165) is 24.2 Å². The van der Waals surface area contributed by atoms with Gasteiger partial charge in [0, 0.05) is 6.61 Å². The predicted octanol–water partition coefficient (Wildman–Crippen LogP) is 1.77. The quantitative estimate of drug-likeness (QED) is 0.426. The van der Waals surface area contributed by atoms with Gasteiger partial charge in [0.05, 0.1) is 19.3 Å². The molecule has 1 saturated heterocycles. The van der Waals surface area contributed by atoms with Gasteiger partial charge < -0.3 is 14.2 Å². The van der Waals surface area contributed by atoms with Gasteiger partial charge in [-0.2, -0.15) is 0 Å². The van der Waals surface area contributed by atoms with Crippen LogP contribution in [0.5, 0.6) is 0 Å². The number of rotatable bonds is 5. The summed E-state index contributed by atoms with van der Waals surface area (Å²) >= 11 is 0. The highest BCUT2D eigenvalue weighted by molar-refractivity contribution is 5.70. The first-order chi connectivity index (χ1) is 8.76. The van der Waals surface area contributed by atoms with Crippen LogP contribution in [-0.4, -0.2) is 38.5 Å². The lowest BCUT2D eigenvalue weighted by atomic mass is 9.82. The maximum Gasteiger partial charge on any atom is 0.331 e. The van der Waals surface area contributed by atoms with Gasteiger partial charge in [-0.1, -0.05) is 0 Å². The fourth-order valence-electron chi connectivity index (χ4n) is 3.81. The van der Waals surface area contributed by atoms with Gasteiger partial charge in [0.25, 0.3) is 0 Å². The minimum atomic E-state index is -0.285. The van der Waals surface area contributed by atoms with Crippen LogP contribution in [-0.2, 0) is 19.0 Å². The summed E-state index contributed by atoms with van der Waals surface area (Å²) in [5, 5.41) is 0. The lowest BCUT2D eigenvalue weighted by molar-refractivity contribution is -0.146. The van der Waals surface area contributed by atoms with Crippen molar-refractivity contribution in [3.63, 3.8) is 0 Å². The maximum atomic E-state index is 10.9. The first kappa shape index (κ1) is 12.4. The number of methoxy groups -OCH3 is 1. The third kappa shape index (κ3) is 2.69. The molecule has 0 spiro atoms. The maximum absolute atomic E-state index is 10.9. The molecule has 5 atom stereocenters. The van der Waals surface area contributed by atoms with Crippen molar-refractivity contribution in [1.29, 1.82) is 0 Å². The van der Waals surface area contributed by atoms with E-state index in [4.69, 9.17) is 9.47 Å². The zero-order valence-electron chi connectivity index (χ0n) is 11.0. The SMILES string of the molecule is COC(=O)COCCC1C[C@@H]2CC3OC3C[C@@H]2C1. The molecule has 0 radical (unpaired) electrons. The number of esters is 1. The van der Waals surface area contributed by atoms with E-state index in [0.29, 0.717) is 18.8 Å². The van der Waals surface area contributed by atoms with Crippen LogP contribution in [0, 0.1) is 17.8 Å². The van der Waals surface area contributed by atoms with Gasteiger partial charge in [0.1, 0.15) is 6.61 Å². The molecule has 18 heavy (non-hydrogen) atoms. The molecule has 0 N–H and O–H groups in total. The second kappa shape index (κ2) is 5.17. The van der Waals surface area contributed by atoms with E-state index in [-0.39, 0.29) is 12.6 Å². The Kier molecular flexibility index (Phi) is 3.57. The van der Waals surface area contributed by atoms with Gasteiger partial charge in [0.2, 0.25) is 0 Å². The molecule has 2 saturated carbocycles. The number of ether oxygens (including phenoxy) is 3. The molecule has 4 heteroatoms. The summed E-state index contributed by atoms with van der Waals surface area (Å²) in [7, 11) is 1.39. The molecule has 0 amide bonds. The second-order valence-electron chi connectivity index (χ2n) is 5.96. The van der Waals surface area contributed by atoms with Gasteiger partial charge in [-0.25, -0.2) is 4.79 Å². The molecule has 0 aromatic heterocycles. The molecule has 0 bridgehead atoms. The third-order valence-electron chi connectivity index (χ3n) is 4.81. The Labute approximate surface area is 108 Å². The lowest BCUT2D eigenvalue weighted by Gasteiger charge is -2.21. The van der Waals surface area contributed by atoms with Crippen LogP contribution in [0.4, 0.5) is 0 Å². The van der Waals surface area contributed by atoms with Gasteiger partial charge in [-0.15, -0.1) is 0 Å². The van der Waals surface area contributed by atoms with Gasteiger partial charge in [-0.05, 0) is 49.9 Å². The first-order valence-electron chi connectivity index (χ1n) is 7.06. The average Bonchev–Trinajstić information content (AvgIpc) is 3.00. The van der Waals surface area contributed by atoms with Crippen molar-refractivity contribution in [2.24, 2.45) is 17.8 Å². The Bertz CT molecular complexity index is 299. The molecular weight excluding hydrogens is 232 g/mol. The van der Waals surface area contributed by atoms with Crippen molar-refractivity contribution in [3.8, 4) is 0 Å². The van der Waals surface area contributed by atoms with Crippen LogP contribution in [0.2, 0.25) is 0 Å². The lowest BCUT2D eigenvalue weighted by Crippen LogP contribution is -2.19. The third-order valence-corrected chi connectivity index (χ3v) is 4.81. The molecule has 3 fully saturated rings. The molecule has 0 aromatic rings. The van der Waals surface area contributed by atoms with Crippen LogP contribution in [0.25, 0.3) is 0 Å². The van der Waals surface area contributed by atoms with Crippen LogP contribution in [0.3, 0.4) is 0 Å². The Hall–Kier alpha value is -0.610. The summed E-state index contributed by atoms with van der Waals surface area (Å²) in [6.45, 7) is 0.774. The monoisotopic (exact) mass is 254 g/mol. The minimum absolute atomic E-state index is 0.0913. The van der Waals surface area contributed by atoms with Crippen LogP contribution >= 0.6 is 0 Å². The van der Waals surface area contributed by atoms with Crippen molar-refractivity contribution in [2.75, 3.05) is 20.3 Å². The van der Waals surface area contributed by atoms with E-state index in [1.165, 1.54) is 32.8 Å². The van der Waals surface area contributed by atoms with Gasteiger partial charge in [-0.3, -0.25) is 0 Å². The zero-order chi connectivity index (χ0) is 12.5. The standard InChI is InChI=1S/C14H22O4/c1-16-14(15)8-17-3-2-9-4-10-6-12-13(18-12)7-11(10)5-9/h9-13H,2-8H2,1H3/t9?,10-,11+,12?,13?. The summed E-state index contributed by atoms with van der Waals surface area (Å²) in [6, 6.07) is 0. The largest absolute Gasteiger partial charge is 0.467 e. The van der Waals surface area contributed by atoms with E-state index in [2.05, 4.69) is 4.74 Å². The number of epoxide rings is 1. The average molecular weight is 254 g/mol. The van der Waals surface area contributed by atoms with Crippen molar-refractivity contribution in [2.45, 2.75) is 44.3 Å². The van der Waals surface area contributed by atoms with E-state index in [9.17, 15) is 4.79 Å². The molecule has 1 aliphatic heterocycles. The minimum Gasteiger partial charge on any atom is -0.467 e. The predicted molar refractivity (Wildman–Crippen MR) is 65.1 cm³/mol. The molecule has 3 unspecified atom stereocenters. The van der Waals surface area contributed by atoms with Crippen molar-refractivity contribution >= 4 is 5.97 Å². The zero-order valence-corrected chi connectivity index (χ0v) is 11.0. The smallest absolute Gasteiger partial charge is 0.331 e. The van der Waals surface area contributed by atoms with Crippen LogP contribution < -0.4 is 0 Å². The summed E-state index contributed by atoms with van der Waals surface area (Å²) in [5.74, 6) is 2.28. The Morgan fingerprint density at radius 1 is 1.17 bits per heavy atom. The Morgan fingerprint density at radius 2 is 1.83 bits per heavy atom. The number of carbonyl (C=O) groups is 1. The van der Waals surface area contributed by atoms with Crippen molar-refractivity contribution < 1.29 is 19.0 Å². The fourth-order valence-corrected chi connectivity index (χ4v) is 3.81. The summed E-state index contributed by atoms with van der Waals surface area (Å²) in [5.41, 5.74) is 0. The molecule has 3 aliphatic rings. The van der Waals surface area contributed by atoms with E-state index < -0.39 is 0 Å². The highest BCUT2D eigenvalue weighted by Crippen LogP contribution is 2.52. The van der Waals surface area contributed by atoms with E-state index >= 15 is 0 Å². The van der Waals surface area contributed by atoms with E-state index in [1.54, 1.807) is 0 Å². The van der Waals surface area contributed by atoms with Crippen LogP contribution in [0.15, 0.2) is 0 Å². The Balaban J connectivity index is 1.34. The van der Waals surface area contributed by atoms with Gasteiger partial charge >= 0.3 is 5.97 Å². The first-order valence-corrected chi connectivity index (χ1v) is 7.06. The van der Waals surface area contributed by atoms with Crippen molar-refractivity contribution in [1.82, 2.24) is 0 Å². The molecule has 102 valence electrons. The summed E-state index contributed by atoms with van der Waals surface area (Å²) in [6.07, 6.45) is 7.52. The topological polar surface area (TPSA) is 48.1 Å². The number of hydrogen-bond acceptors (Lipinski definition) is 4. The molecular formula is C14H22O4. The highest BCUT2D eigenvalue weighted by Gasteiger charge is 2.50. The van der Waals surface area contributed by atoms with Crippen molar-refractivity contribution in [3.05, 3.63) is 0 Å². The Morgan fingerprint density at radius 3 is 2.44 bits per heavy atom. The molecule has 0 aromatic carbocycles. The normalized spacial score (nSPS) is 41.1. The molecule has 2 aliphatic carbocycles. The summed E-state index contributed by atoms with van der Waals surface area (Å²) in [4.78, 5) is 10.9. The molecule has 3 rings (SSSR count). The van der Waals surface area contributed by atoms with Gasteiger partial charge in [0.15, 0.2) is 0 Å². The second-order valence-corrected chi connectivity index (χ2v) is 5.96. The molecule has 1 heterocycles.